The smallest absolute Gasteiger partial charge is 0 e. The minimum absolute atomic E-state index is 0. The SMILES string of the molecule is CCCC1=CC=CC1.CCCC1=CC=CC1.CCCC1=CC=CC1.[Y]. The molecule has 0 aromatic heterocycles. The second-order valence-corrected chi connectivity index (χ2v) is 6.62. The van der Waals surface area contributed by atoms with E-state index >= 15 is 0 Å². The van der Waals surface area contributed by atoms with Crippen LogP contribution in [0.5, 0.6) is 0 Å². The van der Waals surface area contributed by atoms with Crippen molar-refractivity contribution in [3.05, 3.63) is 71.4 Å². The zero-order chi connectivity index (χ0) is 17.5. The number of hydrogen-bond acceptors (Lipinski definition) is 0. The third-order valence-corrected chi connectivity index (χ3v) is 4.26. The molecule has 3 aliphatic carbocycles. The zero-order valence-corrected chi connectivity index (χ0v) is 19.5. The van der Waals surface area contributed by atoms with Crippen molar-refractivity contribution >= 4 is 0 Å². The van der Waals surface area contributed by atoms with Gasteiger partial charge in [-0.15, -0.1) is 0 Å². The van der Waals surface area contributed by atoms with Crippen LogP contribution in [0.25, 0.3) is 0 Å². The molecule has 0 unspecified atom stereocenters. The van der Waals surface area contributed by atoms with Gasteiger partial charge in [0, 0.05) is 32.7 Å². The molecule has 3 aliphatic rings. The molecule has 135 valence electrons. The van der Waals surface area contributed by atoms with Crippen LogP contribution < -0.4 is 0 Å². The first kappa shape index (κ1) is 24.5. The summed E-state index contributed by atoms with van der Waals surface area (Å²) in [6.07, 6.45) is 31.1. The first-order valence-electron chi connectivity index (χ1n) is 9.83. The molecule has 3 rings (SSSR count). The third kappa shape index (κ3) is 12.5. The summed E-state index contributed by atoms with van der Waals surface area (Å²) >= 11 is 0. The van der Waals surface area contributed by atoms with E-state index < -0.39 is 0 Å². The quantitative estimate of drug-likeness (QED) is 0.414. The Kier molecular flexibility index (Phi) is 16.7. The van der Waals surface area contributed by atoms with E-state index in [2.05, 4.69) is 75.5 Å². The molecule has 1 heteroatoms. The van der Waals surface area contributed by atoms with Crippen molar-refractivity contribution in [2.45, 2.75) is 78.6 Å². The monoisotopic (exact) mass is 413 g/mol. The fourth-order valence-electron chi connectivity index (χ4n) is 2.99. The predicted octanol–water partition coefficient (Wildman–Crippen LogP) is 8.02. The molecule has 1 radical (unpaired) electrons. The molecule has 0 fully saturated rings. The average molecular weight is 413 g/mol. The maximum Gasteiger partial charge on any atom is 0 e. The Morgan fingerprint density at radius 2 is 0.840 bits per heavy atom. The minimum atomic E-state index is 0. The van der Waals surface area contributed by atoms with E-state index in [-0.39, 0.29) is 32.7 Å². The minimum Gasteiger partial charge on any atom is -0.0805 e. The Labute approximate surface area is 181 Å². The number of hydrogen-bond donors (Lipinski definition) is 0. The van der Waals surface area contributed by atoms with Crippen molar-refractivity contribution in [1.29, 1.82) is 0 Å². The Morgan fingerprint density at radius 1 is 0.560 bits per heavy atom. The second kappa shape index (κ2) is 17.0. The zero-order valence-electron chi connectivity index (χ0n) is 16.6. The van der Waals surface area contributed by atoms with Gasteiger partial charge in [0.25, 0.3) is 0 Å². The Hall–Kier alpha value is -0.456. The normalized spacial score (nSPS) is 16.2. The molecule has 0 amide bonds. The Bertz CT molecular complexity index is 436. The molecule has 0 aliphatic heterocycles. The molecule has 0 bridgehead atoms. The van der Waals surface area contributed by atoms with Crippen LogP contribution >= 0.6 is 0 Å². The molecule has 0 saturated heterocycles. The molecule has 0 spiro atoms. The van der Waals surface area contributed by atoms with Gasteiger partial charge in [-0.2, -0.15) is 0 Å². The molecule has 0 aromatic carbocycles. The van der Waals surface area contributed by atoms with Crippen molar-refractivity contribution in [3.8, 4) is 0 Å². The summed E-state index contributed by atoms with van der Waals surface area (Å²) in [5.41, 5.74) is 4.77. The summed E-state index contributed by atoms with van der Waals surface area (Å²) < 4.78 is 0. The van der Waals surface area contributed by atoms with Crippen LogP contribution in [-0.4, -0.2) is 0 Å². The number of allylic oxidation sites excluding steroid dienone is 12. The summed E-state index contributed by atoms with van der Waals surface area (Å²) in [6.45, 7) is 6.66. The largest absolute Gasteiger partial charge is 0.0805 e. The van der Waals surface area contributed by atoms with Crippen LogP contribution in [0.2, 0.25) is 0 Å². The van der Waals surface area contributed by atoms with E-state index in [9.17, 15) is 0 Å². The molecule has 0 saturated carbocycles. The van der Waals surface area contributed by atoms with Crippen LogP contribution in [0.1, 0.15) is 78.6 Å². The van der Waals surface area contributed by atoms with Gasteiger partial charge in [0.15, 0.2) is 0 Å². The molecular weight excluding hydrogens is 377 g/mol. The van der Waals surface area contributed by atoms with Gasteiger partial charge < -0.3 is 0 Å². The van der Waals surface area contributed by atoms with E-state index in [1.54, 1.807) is 16.7 Å². The molecule has 0 nitrogen and oxygen atoms in total. The van der Waals surface area contributed by atoms with E-state index in [0.29, 0.717) is 0 Å². The van der Waals surface area contributed by atoms with E-state index in [1.165, 1.54) is 57.8 Å². The van der Waals surface area contributed by atoms with Crippen molar-refractivity contribution in [2.24, 2.45) is 0 Å². The third-order valence-electron chi connectivity index (χ3n) is 4.26. The Morgan fingerprint density at radius 3 is 1.00 bits per heavy atom. The van der Waals surface area contributed by atoms with Crippen molar-refractivity contribution in [1.82, 2.24) is 0 Å². The van der Waals surface area contributed by atoms with Crippen LogP contribution in [0.3, 0.4) is 0 Å². The standard InChI is InChI=1S/3C8H12.Y/c3*1-2-5-8-6-3-4-7-8;/h3*3-4,6H,2,5,7H2,1H3;. The molecule has 0 aromatic rings. The summed E-state index contributed by atoms with van der Waals surface area (Å²) in [4.78, 5) is 0. The van der Waals surface area contributed by atoms with E-state index in [1.807, 2.05) is 0 Å². The summed E-state index contributed by atoms with van der Waals surface area (Å²) in [7, 11) is 0. The molecule has 25 heavy (non-hydrogen) atoms. The fourth-order valence-corrected chi connectivity index (χ4v) is 2.99. The van der Waals surface area contributed by atoms with Crippen LogP contribution in [0.15, 0.2) is 71.4 Å². The van der Waals surface area contributed by atoms with Gasteiger partial charge in [-0.1, -0.05) is 111 Å². The average Bonchev–Trinajstić information content (AvgIpc) is 3.33. The van der Waals surface area contributed by atoms with Gasteiger partial charge in [0.05, 0.1) is 0 Å². The molecular formula is C24H36Y. The van der Waals surface area contributed by atoms with Crippen LogP contribution in [-0.2, 0) is 32.7 Å². The summed E-state index contributed by atoms with van der Waals surface area (Å²) in [5.74, 6) is 0. The first-order valence-corrected chi connectivity index (χ1v) is 9.83. The second-order valence-electron chi connectivity index (χ2n) is 6.62. The molecule has 0 heterocycles. The molecule has 0 N–H and O–H groups in total. The topological polar surface area (TPSA) is 0 Å². The van der Waals surface area contributed by atoms with Gasteiger partial charge in [-0.25, -0.2) is 0 Å². The van der Waals surface area contributed by atoms with Crippen molar-refractivity contribution in [3.63, 3.8) is 0 Å². The molecule has 0 atom stereocenters. The van der Waals surface area contributed by atoms with Gasteiger partial charge >= 0.3 is 0 Å². The first-order chi connectivity index (χ1) is 11.8. The maximum absolute atomic E-state index is 2.23. The van der Waals surface area contributed by atoms with Crippen molar-refractivity contribution < 1.29 is 32.7 Å². The van der Waals surface area contributed by atoms with E-state index in [0.717, 1.165) is 0 Å². The van der Waals surface area contributed by atoms with Crippen LogP contribution in [0, 0.1) is 0 Å². The predicted molar refractivity (Wildman–Crippen MR) is 110 cm³/mol. The van der Waals surface area contributed by atoms with Gasteiger partial charge in [-0.3, -0.25) is 0 Å². The number of rotatable bonds is 6. The van der Waals surface area contributed by atoms with E-state index in [4.69, 9.17) is 0 Å². The fraction of sp³-hybridized carbons (Fsp3) is 0.500. The van der Waals surface area contributed by atoms with Gasteiger partial charge in [0.2, 0.25) is 0 Å². The van der Waals surface area contributed by atoms with Crippen molar-refractivity contribution in [2.75, 3.05) is 0 Å². The maximum atomic E-state index is 2.23. The van der Waals surface area contributed by atoms with Gasteiger partial charge in [0.1, 0.15) is 0 Å². The summed E-state index contributed by atoms with van der Waals surface area (Å²) in [5, 5.41) is 0. The summed E-state index contributed by atoms with van der Waals surface area (Å²) in [6, 6.07) is 0. The Balaban J connectivity index is 0.000000339. The van der Waals surface area contributed by atoms with Crippen LogP contribution in [0.4, 0.5) is 0 Å². The van der Waals surface area contributed by atoms with Gasteiger partial charge in [-0.05, 0) is 38.5 Å².